The maximum absolute atomic E-state index is 12.8. The lowest BCUT2D eigenvalue weighted by molar-refractivity contribution is 0.0699. The minimum atomic E-state index is -0.199. The second kappa shape index (κ2) is 5.92. The summed E-state index contributed by atoms with van der Waals surface area (Å²) in [6, 6.07) is 11.0. The van der Waals surface area contributed by atoms with E-state index in [2.05, 4.69) is 15.3 Å². The van der Waals surface area contributed by atoms with Crippen molar-refractivity contribution in [3.8, 4) is 11.3 Å². The SMILES string of the molecule is Cc1noc(C2CCCN2C(=O)c2cc(-c3ccccc3)on2)n1. The number of aromatic nitrogens is 3. The van der Waals surface area contributed by atoms with Crippen LogP contribution >= 0.6 is 0 Å². The Kier molecular flexibility index (Phi) is 3.60. The van der Waals surface area contributed by atoms with E-state index in [0.717, 1.165) is 18.4 Å². The molecule has 1 aliphatic heterocycles. The van der Waals surface area contributed by atoms with Gasteiger partial charge in [0, 0.05) is 18.2 Å². The molecule has 0 bridgehead atoms. The number of carbonyl (C=O) groups excluding carboxylic acids is 1. The van der Waals surface area contributed by atoms with Gasteiger partial charge in [-0.25, -0.2) is 0 Å². The van der Waals surface area contributed by atoms with Gasteiger partial charge in [0.25, 0.3) is 5.91 Å². The van der Waals surface area contributed by atoms with Gasteiger partial charge in [0.05, 0.1) is 0 Å². The normalized spacial score (nSPS) is 17.4. The lowest BCUT2D eigenvalue weighted by atomic mass is 10.1. The summed E-state index contributed by atoms with van der Waals surface area (Å²) in [5.41, 5.74) is 1.17. The molecule has 3 aromatic rings. The predicted molar refractivity (Wildman–Crippen MR) is 84.0 cm³/mol. The zero-order valence-corrected chi connectivity index (χ0v) is 13.2. The highest BCUT2D eigenvalue weighted by Gasteiger charge is 2.35. The molecule has 0 radical (unpaired) electrons. The maximum atomic E-state index is 12.8. The molecule has 1 aliphatic rings. The number of nitrogens with zero attached hydrogens (tertiary/aromatic N) is 4. The Bertz CT molecular complexity index is 856. The topological polar surface area (TPSA) is 85.3 Å². The highest BCUT2D eigenvalue weighted by Crippen LogP contribution is 2.32. The van der Waals surface area contributed by atoms with Crippen LogP contribution in [-0.2, 0) is 0 Å². The van der Waals surface area contributed by atoms with E-state index in [1.807, 2.05) is 30.3 Å². The largest absolute Gasteiger partial charge is 0.355 e. The van der Waals surface area contributed by atoms with Crippen LogP contribution in [0.25, 0.3) is 11.3 Å². The third-order valence-electron chi connectivity index (χ3n) is 4.13. The van der Waals surface area contributed by atoms with Gasteiger partial charge in [-0.15, -0.1) is 0 Å². The van der Waals surface area contributed by atoms with Crippen molar-refractivity contribution in [2.45, 2.75) is 25.8 Å². The second-order valence-corrected chi connectivity index (χ2v) is 5.78. The van der Waals surface area contributed by atoms with Gasteiger partial charge >= 0.3 is 0 Å². The lowest BCUT2D eigenvalue weighted by Crippen LogP contribution is -2.31. The number of aryl methyl sites for hydroxylation is 1. The first-order valence-electron chi connectivity index (χ1n) is 7.85. The van der Waals surface area contributed by atoms with Crippen molar-refractivity contribution in [1.82, 2.24) is 20.2 Å². The van der Waals surface area contributed by atoms with Crippen molar-refractivity contribution < 1.29 is 13.8 Å². The van der Waals surface area contributed by atoms with Gasteiger partial charge in [0.1, 0.15) is 6.04 Å². The quantitative estimate of drug-likeness (QED) is 0.736. The fourth-order valence-corrected chi connectivity index (χ4v) is 2.98. The fourth-order valence-electron chi connectivity index (χ4n) is 2.98. The first-order chi connectivity index (χ1) is 11.7. The van der Waals surface area contributed by atoms with Crippen LogP contribution in [-0.4, -0.2) is 32.6 Å². The van der Waals surface area contributed by atoms with Gasteiger partial charge in [0.15, 0.2) is 17.3 Å². The molecule has 0 spiro atoms. The van der Waals surface area contributed by atoms with Crippen LogP contribution in [0.3, 0.4) is 0 Å². The Labute approximate surface area is 138 Å². The van der Waals surface area contributed by atoms with Crippen LogP contribution in [0.15, 0.2) is 45.4 Å². The molecule has 4 rings (SSSR count). The van der Waals surface area contributed by atoms with Crippen molar-refractivity contribution in [2.24, 2.45) is 0 Å². The van der Waals surface area contributed by atoms with Gasteiger partial charge in [-0.1, -0.05) is 40.6 Å². The Morgan fingerprint density at radius 3 is 2.79 bits per heavy atom. The third-order valence-corrected chi connectivity index (χ3v) is 4.13. The first kappa shape index (κ1) is 14.6. The Hall–Kier alpha value is -2.96. The van der Waals surface area contributed by atoms with Crippen molar-refractivity contribution in [1.29, 1.82) is 0 Å². The van der Waals surface area contributed by atoms with Crippen molar-refractivity contribution in [3.05, 3.63) is 53.8 Å². The molecule has 7 nitrogen and oxygen atoms in total. The summed E-state index contributed by atoms with van der Waals surface area (Å²) in [7, 11) is 0. The second-order valence-electron chi connectivity index (χ2n) is 5.78. The van der Waals surface area contributed by atoms with Gasteiger partial charge in [0.2, 0.25) is 5.89 Å². The first-order valence-corrected chi connectivity index (χ1v) is 7.85. The molecule has 0 N–H and O–H groups in total. The summed E-state index contributed by atoms with van der Waals surface area (Å²) >= 11 is 0. The molecule has 1 amide bonds. The van der Waals surface area contributed by atoms with Crippen molar-refractivity contribution in [2.75, 3.05) is 6.54 Å². The molecule has 2 aromatic heterocycles. The van der Waals surface area contributed by atoms with Gasteiger partial charge in [-0.2, -0.15) is 4.98 Å². The highest BCUT2D eigenvalue weighted by molar-refractivity contribution is 5.93. The molecule has 3 heterocycles. The molecule has 1 saturated heterocycles. The smallest absolute Gasteiger partial charge is 0.276 e. The summed E-state index contributed by atoms with van der Waals surface area (Å²) in [6.07, 6.45) is 1.69. The average molecular weight is 324 g/mol. The average Bonchev–Trinajstić information content (AvgIpc) is 3.35. The van der Waals surface area contributed by atoms with Crippen molar-refractivity contribution >= 4 is 5.91 Å². The number of hydrogen-bond donors (Lipinski definition) is 0. The number of hydrogen-bond acceptors (Lipinski definition) is 6. The summed E-state index contributed by atoms with van der Waals surface area (Å²) in [4.78, 5) is 18.8. The molecule has 122 valence electrons. The molecule has 7 heteroatoms. The zero-order chi connectivity index (χ0) is 16.5. The van der Waals surface area contributed by atoms with E-state index in [9.17, 15) is 4.79 Å². The molecule has 0 saturated carbocycles. The van der Waals surface area contributed by atoms with Crippen LogP contribution in [0.2, 0.25) is 0 Å². The van der Waals surface area contributed by atoms with Gasteiger partial charge in [-0.05, 0) is 19.8 Å². The van der Waals surface area contributed by atoms with Crippen LogP contribution in [0.1, 0.15) is 41.1 Å². The van der Waals surface area contributed by atoms with Crippen LogP contribution < -0.4 is 0 Å². The van der Waals surface area contributed by atoms with E-state index in [1.165, 1.54) is 0 Å². The highest BCUT2D eigenvalue weighted by atomic mass is 16.5. The van der Waals surface area contributed by atoms with E-state index in [4.69, 9.17) is 9.05 Å². The molecule has 1 atom stereocenters. The molecular weight excluding hydrogens is 308 g/mol. The molecular formula is C17H16N4O3. The number of benzene rings is 1. The molecule has 0 aliphatic carbocycles. The number of amides is 1. The standard InChI is InChI=1S/C17H16N4O3/c1-11-18-16(24-19-11)14-8-5-9-21(14)17(22)13-10-15(23-20-13)12-6-3-2-4-7-12/h2-4,6-7,10,14H,5,8-9H2,1H3. The van der Waals surface area contributed by atoms with Crippen LogP contribution in [0.5, 0.6) is 0 Å². The van der Waals surface area contributed by atoms with Crippen LogP contribution in [0, 0.1) is 6.92 Å². The van der Waals surface area contributed by atoms with Gasteiger partial charge < -0.3 is 13.9 Å². The van der Waals surface area contributed by atoms with E-state index < -0.39 is 0 Å². The van der Waals surface area contributed by atoms with E-state index in [0.29, 0.717) is 24.0 Å². The summed E-state index contributed by atoms with van der Waals surface area (Å²) in [6.45, 7) is 2.40. The Morgan fingerprint density at radius 2 is 2.04 bits per heavy atom. The molecule has 24 heavy (non-hydrogen) atoms. The number of carbonyl (C=O) groups is 1. The fraction of sp³-hybridized carbons (Fsp3) is 0.294. The minimum Gasteiger partial charge on any atom is -0.355 e. The summed E-state index contributed by atoms with van der Waals surface area (Å²) in [5.74, 6) is 1.44. The van der Waals surface area contributed by atoms with Gasteiger partial charge in [-0.3, -0.25) is 4.79 Å². The number of rotatable bonds is 3. The molecule has 1 unspecified atom stereocenters. The van der Waals surface area contributed by atoms with E-state index >= 15 is 0 Å². The van der Waals surface area contributed by atoms with Crippen LogP contribution in [0.4, 0.5) is 0 Å². The summed E-state index contributed by atoms with van der Waals surface area (Å²) < 4.78 is 10.6. The number of likely N-dealkylation sites (tertiary alicyclic amines) is 1. The predicted octanol–water partition coefficient (Wildman–Crippen LogP) is 3.01. The van der Waals surface area contributed by atoms with Crippen molar-refractivity contribution in [3.63, 3.8) is 0 Å². The summed E-state index contributed by atoms with van der Waals surface area (Å²) in [5, 5.41) is 7.75. The zero-order valence-electron chi connectivity index (χ0n) is 13.2. The van der Waals surface area contributed by atoms with E-state index in [1.54, 1.807) is 17.9 Å². The van der Waals surface area contributed by atoms with E-state index in [-0.39, 0.29) is 17.6 Å². The molecule has 1 fully saturated rings. The minimum absolute atomic E-state index is 0.181. The monoisotopic (exact) mass is 324 g/mol. The Morgan fingerprint density at radius 1 is 1.21 bits per heavy atom. The Balaban J connectivity index is 1.58. The third kappa shape index (κ3) is 2.58. The lowest BCUT2D eigenvalue weighted by Gasteiger charge is -2.20. The maximum Gasteiger partial charge on any atom is 0.276 e. The molecule has 1 aromatic carbocycles.